The number of amides is 2. The predicted molar refractivity (Wildman–Crippen MR) is 86.6 cm³/mol. The highest BCUT2D eigenvalue weighted by Gasteiger charge is 2.28. The van der Waals surface area contributed by atoms with Gasteiger partial charge in [-0.15, -0.1) is 0 Å². The molecule has 2 aromatic heterocycles. The first kappa shape index (κ1) is 16.9. The first-order chi connectivity index (χ1) is 12.0. The van der Waals surface area contributed by atoms with Crippen molar-refractivity contribution in [2.45, 2.75) is 19.9 Å². The van der Waals surface area contributed by atoms with Crippen LogP contribution in [-0.2, 0) is 17.7 Å². The highest BCUT2D eigenvalue weighted by Crippen LogP contribution is 2.29. The van der Waals surface area contributed by atoms with E-state index in [9.17, 15) is 19.7 Å². The highest BCUT2D eigenvalue weighted by molar-refractivity contribution is 7.15. The third kappa shape index (κ3) is 3.60. The van der Waals surface area contributed by atoms with Crippen LogP contribution in [0.5, 0.6) is 0 Å². The van der Waals surface area contributed by atoms with E-state index >= 15 is 0 Å². The number of nitrogens with one attached hydrogen (secondary N) is 1. The van der Waals surface area contributed by atoms with E-state index in [0.29, 0.717) is 24.6 Å². The zero-order chi connectivity index (χ0) is 18.0. The van der Waals surface area contributed by atoms with Crippen molar-refractivity contribution in [2.24, 2.45) is 0 Å². The van der Waals surface area contributed by atoms with Crippen molar-refractivity contribution in [3.8, 4) is 0 Å². The van der Waals surface area contributed by atoms with Crippen molar-refractivity contribution >= 4 is 34.4 Å². The number of carbonyl (C=O) groups is 2. The number of aromatic nitrogens is 1. The van der Waals surface area contributed by atoms with E-state index in [4.69, 9.17) is 9.15 Å². The van der Waals surface area contributed by atoms with Crippen molar-refractivity contribution in [1.82, 2.24) is 9.88 Å². The number of nitro groups is 1. The molecule has 0 spiro atoms. The van der Waals surface area contributed by atoms with Crippen molar-refractivity contribution in [2.75, 3.05) is 18.5 Å². The third-order valence-electron chi connectivity index (χ3n) is 3.49. The van der Waals surface area contributed by atoms with Gasteiger partial charge in [0.15, 0.2) is 10.9 Å². The number of rotatable bonds is 4. The Bertz CT molecular complexity index is 829. The summed E-state index contributed by atoms with van der Waals surface area (Å²) in [7, 11) is 0. The van der Waals surface area contributed by atoms with Crippen molar-refractivity contribution in [3.05, 3.63) is 38.6 Å². The van der Waals surface area contributed by atoms with Gasteiger partial charge >= 0.3 is 12.0 Å². The van der Waals surface area contributed by atoms with Gasteiger partial charge in [-0.3, -0.25) is 20.2 Å². The summed E-state index contributed by atoms with van der Waals surface area (Å²) < 4.78 is 9.76. The Morgan fingerprint density at radius 1 is 1.52 bits per heavy atom. The first-order valence-electron chi connectivity index (χ1n) is 7.43. The fourth-order valence-corrected chi connectivity index (χ4v) is 3.38. The molecule has 0 bridgehead atoms. The maximum absolute atomic E-state index is 12.4. The Morgan fingerprint density at radius 3 is 3.00 bits per heavy atom. The van der Waals surface area contributed by atoms with Gasteiger partial charge in [0.05, 0.1) is 24.9 Å². The van der Waals surface area contributed by atoms with Crippen molar-refractivity contribution < 1.29 is 23.7 Å². The number of carbonyl (C=O) groups excluding carboxylic acids is 2. The lowest BCUT2D eigenvalue weighted by Crippen LogP contribution is -2.35. The van der Waals surface area contributed by atoms with Gasteiger partial charge in [-0.05, 0) is 13.0 Å². The van der Waals surface area contributed by atoms with Crippen LogP contribution in [0.2, 0.25) is 0 Å². The molecule has 132 valence electrons. The maximum Gasteiger partial charge on any atom is 0.433 e. The SMILES string of the molecule is CCOC(=O)Nc1nc2c(s1)CN(C(=O)c1ccc([N+](=O)[O-])o1)CC2. The summed E-state index contributed by atoms with van der Waals surface area (Å²) in [4.78, 5) is 40.5. The summed E-state index contributed by atoms with van der Waals surface area (Å²) >= 11 is 1.26. The van der Waals surface area contributed by atoms with E-state index in [1.165, 1.54) is 22.3 Å². The van der Waals surface area contributed by atoms with E-state index in [2.05, 4.69) is 10.3 Å². The third-order valence-corrected chi connectivity index (χ3v) is 4.48. The summed E-state index contributed by atoms with van der Waals surface area (Å²) in [6, 6.07) is 2.44. The molecule has 1 aliphatic rings. The lowest BCUT2D eigenvalue weighted by atomic mass is 10.1. The summed E-state index contributed by atoms with van der Waals surface area (Å²) in [5.74, 6) is -0.976. The Hall–Kier alpha value is -2.95. The Morgan fingerprint density at radius 2 is 2.32 bits per heavy atom. The van der Waals surface area contributed by atoms with E-state index < -0.39 is 22.8 Å². The molecule has 1 N–H and O–H groups in total. The smallest absolute Gasteiger partial charge is 0.433 e. The van der Waals surface area contributed by atoms with Crippen LogP contribution in [0.4, 0.5) is 15.8 Å². The summed E-state index contributed by atoms with van der Waals surface area (Å²) in [5.41, 5.74) is 0.811. The lowest BCUT2D eigenvalue weighted by Gasteiger charge is -2.24. The molecule has 0 saturated carbocycles. The molecule has 0 fully saturated rings. The average Bonchev–Trinajstić information content (AvgIpc) is 3.20. The predicted octanol–water partition coefficient (Wildman–Crippen LogP) is 2.41. The van der Waals surface area contributed by atoms with Crippen LogP contribution >= 0.6 is 11.3 Å². The Kier molecular flexibility index (Phi) is 4.65. The summed E-state index contributed by atoms with van der Waals surface area (Å²) in [6.07, 6.45) is -0.0605. The largest absolute Gasteiger partial charge is 0.450 e. The fourth-order valence-electron chi connectivity index (χ4n) is 2.37. The van der Waals surface area contributed by atoms with Gasteiger partial charge in [-0.25, -0.2) is 9.78 Å². The minimum absolute atomic E-state index is 0.0791. The van der Waals surface area contributed by atoms with E-state index in [-0.39, 0.29) is 12.4 Å². The van der Waals surface area contributed by atoms with Gasteiger partial charge in [0.2, 0.25) is 0 Å². The second kappa shape index (κ2) is 6.89. The maximum atomic E-state index is 12.4. The molecule has 25 heavy (non-hydrogen) atoms. The molecule has 3 heterocycles. The molecule has 0 saturated heterocycles. The lowest BCUT2D eigenvalue weighted by molar-refractivity contribution is -0.402. The van der Waals surface area contributed by atoms with Gasteiger partial charge < -0.3 is 14.1 Å². The van der Waals surface area contributed by atoms with E-state index in [1.54, 1.807) is 6.92 Å². The second-order valence-electron chi connectivity index (χ2n) is 5.11. The summed E-state index contributed by atoms with van der Waals surface area (Å²) in [5, 5.41) is 13.6. The molecule has 0 aliphatic carbocycles. The standard InChI is InChI=1S/C14H14N4O6S/c1-2-23-14(20)16-13-15-8-5-6-17(7-10(8)25-13)12(19)9-3-4-11(24-9)18(21)22/h3-4H,2,5-7H2,1H3,(H,15,16,20). The molecule has 3 rings (SSSR count). The normalized spacial score (nSPS) is 13.2. The quantitative estimate of drug-likeness (QED) is 0.650. The van der Waals surface area contributed by atoms with Crippen LogP contribution in [0.15, 0.2) is 16.5 Å². The number of furan rings is 1. The topological polar surface area (TPSA) is 128 Å². The Balaban J connectivity index is 1.69. The molecule has 0 radical (unpaired) electrons. The molecular formula is C14H14N4O6S. The molecule has 2 amide bonds. The van der Waals surface area contributed by atoms with Crippen LogP contribution < -0.4 is 5.32 Å². The molecule has 10 nitrogen and oxygen atoms in total. The summed E-state index contributed by atoms with van der Waals surface area (Å²) in [6.45, 7) is 2.66. The number of hydrogen-bond donors (Lipinski definition) is 1. The zero-order valence-corrected chi connectivity index (χ0v) is 14.0. The minimum atomic E-state index is -0.693. The van der Waals surface area contributed by atoms with Crippen LogP contribution in [0.3, 0.4) is 0 Å². The molecule has 0 aromatic carbocycles. The Labute approximate surface area is 145 Å². The first-order valence-corrected chi connectivity index (χ1v) is 8.25. The molecule has 11 heteroatoms. The van der Waals surface area contributed by atoms with Gasteiger partial charge in [0.1, 0.15) is 4.92 Å². The van der Waals surface area contributed by atoms with Crippen molar-refractivity contribution in [3.63, 3.8) is 0 Å². The molecule has 2 aromatic rings. The zero-order valence-electron chi connectivity index (χ0n) is 13.2. The average molecular weight is 366 g/mol. The monoisotopic (exact) mass is 366 g/mol. The number of fused-ring (bicyclic) bond motifs is 1. The van der Waals surface area contributed by atoms with Crippen LogP contribution in [0, 0.1) is 10.1 Å². The van der Waals surface area contributed by atoms with E-state index in [0.717, 1.165) is 16.6 Å². The van der Waals surface area contributed by atoms with E-state index in [1.807, 2.05) is 0 Å². The van der Waals surface area contributed by atoms with Gasteiger partial charge in [-0.1, -0.05) is 11.3 Å². The number of nitrogens with zero attached hydrogens (tertiary/aromatic N) is 3. The fraction of sp³-hybridized carbons (Fsp3) is 0.357. The number of anilines is 1. The van der Waals surface area contributed by atoms with Crippen LogP contribution in [0.1, 0.15) is 28.0 Å². The minimum Gasteiger partial charge on any atom is -0.450 e. The number of hydrogen-bond acceptors (Lipinski definition) is 8. The van der Waals surface area contributed by atoms with Crippen LogP contribution in [0.25, 0.3) is 0 Å². The molecule has 1 aliphatic heterocycles. The van der Waals surface area contributed by atoms with Crippen LogP contribution in [-0.4, -0.2) is 40.0 Å². The van der Waals surface area contributed by atoms with Gasteiger partial charge in [0, 0.05) is 17.8 Å². The second-order valence-corrected chi connectivity index (χ2v) is 6.19. The molecule has 0 atom stereocenters. The number of thiazole rings is 1. The van der Waals surface area contributed by atoms with Gasteiger partial charge in [0.25, 0.3) is 5.91 Å². The molecular weight excluding hydrogens is 352 g/mol. The molecule has 0 unspecified atom stereocenters. The number of ether oxygens (including phenoxy) is 1. The van der Waals surface area contributed by atoms with Gasteiger partial charge in [-0.2, -0.15) is 0 Å². The highest BCUT2D eigenvalue weighted by atomic mass is 32.1. The van der Waals surface area contributed by atoms with Crippen molar-refractivity contribution in [1.29, 1.82) is 0 Å².